The molecule has 2 aromatic carbocycles. The molecule has 3 nitrogen and oxygen atoms in total. The Balaban J connectivity index is 1.84. The molecule has 1 saturated carbocycles. The van der Waals surface area contributed by atoms with Crippen LogP contribution in [0.15, 0.2) is 40.9 Å². The zero-order valence-corrected chi connectivity index (χ0v) is 13.7. The zero-order chi connectivity index (χ0) is 15.0. The number of nitrogens with one attached hydrogen (secondary N) is 1. The molecular weight excluding hydrogens is 348 g/mol. The van der Waals surface area contributed by atoms with Crippen molar-refractivity contribution in [2.45, 2.75) is 18.9 Å². The van der Waals surface area contributed by atoms with Gasteiger partial charge in [-0.15, -0.1) is 0 Å². The Kier molecular flexibility index (Phi) is 3.95. The maximum absolute atomic E-state index is 12.4. The van der Waals surface area contributed by atoms with Gasteiger partial charge in [0.1, 0.15) is 0 Å². The lowest BCUT2D eigenvalue weighted by Gasteiger charge is -2.16. The predicted molar refractivity (Wildman–Crippen MR) is 92.4 cm³/mol. The van der Waals surface area contributed by atoms with Gasteiger partial charge >= 0.3 is 0 Å². The molecule has 0 saturated heterocycles. The van der Waals surface area contributed by atoms with Gasteiger partial charge in [-0.1, -0.05) is 40.3 Å². The fourth-order valence-electron chi connectivity index (χ4n) is 2.43. The third kappa shape index (κ3) is 3.24. The van der Waals surface area contributed by atoms with Crippen LogP contribution in [0.4, 0.5) is 0 Å². The number of hydrogen-bond acceptors (Lipinski definition) is 2. The summed E-state index contributed by atoms with van der Waals surface area (Å²) in [5, 5.41) is 5.08. The van der Waals surface area contributed by atoms with E-state index >= 15 is 0 Å². The fourth-order valence-corrected chi connectivity index (χ4v) is 3.06. The first-order valence-electron chi connectivity index (χ1n) is 6.84. The summed E-state index contributed by atoms with van der Waals surface area (Å²) in [5.74, 6) is 0.285. The Morgan fingerprint density at radius 2 is 1.90 bits per heavy atom. The first kappa shape index (κ1) is 14.5. The van der Waals surface area contributed by atoms with Crippen LogP contribution in [0.25, 0.3) is 10.8 Å². The molecule has 3 N–H and O–H groups in total. The lowest BCUT2D eigenvalue weighted by atomic mass is 10.1. The minimum absolute atomic E-state index is 0.121. The third-order valence-electron chi connectivity index (χ3n) is 3.75. The SMILES string of the molecule is NC(=S)C(NC(=O)c1ccc2cc(Br)ccc2c1)C1CC1. The highest BCUT2D eigenvalue weighted by molar-refractivity contribution is 9.10. The van der Waals surface area contributed by atoms with Crippen molar-refractivity contribution in [2.24, 2.45) is 11.7 Å². The molecule has 5 heteroatoms. The maximum atomic E-state index is 12.4. The van der Waals surface area contributed by atoms with E-state index in [2.05, 4.69) is 21.2 Å². The number of benzene rings is 2. The number of amides is 1. The van der Waals surface area contributed by atoms with Crippen molar-refractivity contribution in [3.05, 3.63) is 46.4 Å². The van der Waals surface area contributed by atoms with Crippen molar-refractivity contribution < 1.29 is 4.79 Å². The number of carbonyl (C=O) groups excluding carboxylic acids is 1. The zero-order valence-electron chi connectivity index (χ0n) is 11.3. The molecule has 0 spiro atoms. The van der Waals surface area contributed by atoms with Crippen LogP contribution >= 0.6 is 28.1 Å². The van der Waals surface area contributed by atoms with Gasteiger partial charge in [-0.3, -0.25) is 4.79 Å². The highest BCUT2D eigenvalue weighted by Gasteiger charge is 2.34. The summed E-state index contributed by atoms with van der Waals surface area (Å²) >= 11 is 8.49. The third-order valence-corrected chi connectivity index (χ3v) is 4.50. The number of nitrogens with two attached hydrogens (primary N) is 1. The molecule has 3 rings (SSSR count). The molecule has 1 aliphatic rings. The van der Waals surface area contributed by atoms with Crippen LogP contribution in [0, 0.1) is 5.92 Å². The summed E-state index contributed by atoms with van der Waals surface area (Å²) in [5.41, 5.74) is 6.35. The predicted octanol–water partition coefficient (Wildman–Crippen LogP) is 3.40. The molecule has 2 aromatic rings. The molecule has 1 fully saturated rings. The number of carbonyl (C=O) groups is 1. The van der Waals surface area contributed by atoms with E-state index in [9.17, 15) is 4.79 Å². The second kappa shape index (κ2) is 5.73. The summed E-state index contributed by atoms with van der Waals surface area (Å²) in [6.07, 6.45) is 2.15. The van der Waals surface area contributed by atoms with Crippen LogP contribution in [-0.4, -0.2) is 16.9 Å². The van der Waals surface area contributed by atoms with Crippen molar-refractivity contribution in [3.8, 4) is 0 Å². The molecule has 0 bridgehead atoms. The van der Waals surface area contributed by atoms with Crippen LogP contribution in [-0.2, 0) is 0 Å². The molecule has 1 amide bonds. The van der Waals surface area contributed by atoms with Gasteiger partial charge in [-0.2, -0.15) is 0 Å². The van der Waals surface area contributed by atoms with E-state index in [4.69, 9.17) is 18.0 Å². The van der Waals surface area contributed by atoms with Gasteiger partial charge in [0.15, 0.2) is 0 Å². The molecule has 0 aliphatic heterocycles. The Bertz CT molecular complexity index is 727. The summed E-state index contributed by atoms with van der Waals surface area (Å²) in [4.78, 5) is 12.7. The second-order valence-electron chi connectivity index (χ2n) is 5.40. The fraction of sp³-hybridized carbons (Fsp3) is 0.250. The number of halogens is 1. The van der Waals surface area contributed by atoms with Gasteiger partial charge in [-0.05, 0) is 53.8 Å². The van der Waals surface area contributed by atoms with Crippen LogP contribution < -0.4 is 11.1 Å². The molecule has 21 heavy (non-hydrogen) atoms. The smallest absolute Gasteiger partial charge is 0.251 e. The van der Waals surface area contributed by atoms with E-state index in [0.717, 1.165) is 28.1 Å². The van der Waals surface area contributed by atoms with Crippen molar-refractivity contribution in [1.29, 1.82) is 0 Å². The molecule has 0 radical (unpaired) electrons. The van der Waals surface area contributed by atoms with Crippen LogP contribution in [0.1, 0.15) is 23.2 Å². The van der Waals surface area contributed by atoms with Gasteiger partial charge in [0.05, 0.1) is 11.0 Å². The van der Waals surface area contributed by atoms with E-state index in [1.54, 1.807) is 0 Å². The number of thiocarbonyl (C=S) groups is 1. The van der Waals surface area contributed by atoms with Crippen molar-refractivity contribution in [3.63, 3.8) is 0 Å². The van der Waals surface area contributed by atoms with E-state index in [1.807, 2.05) is 36.4 Å². The van der Waals surface area contributed by atoms with Crippen LogP contribution in [0.5, 0.6) is 0 Å². The highest BCUT2D eigenvalue weighted by Crippen LogP contribution is 2.33. The first-order valence-corrected chi connectivity index (χ1v) is 8.04. The maximum Gasteiger partial charge on any atom is 0.251 e. The minimum atomic E-state index is -0.187. The minimum Gasteiger partial charge on any atom is -0.392 e. The standard InChI is InChI=1S/C16H15BrN2OS/c17-13-6-5-10-7-12(4-3-11(10)8-13)16(20)19-14(15(18)21)9-1-2-9/h3-9,14H,1-2H2,(H2,18,21)(H,19,20). The van der Waals surface area contributed by atoms with E-state index < -0.39 is 0 Å². The van der Waals surface area contributed by atoms with Crippen LogP contribution in [0.3, 0.4) is 0 Å². The van der Waals surface area contributed by atoms with Crippen molar-refractivity contribution >= 4 is 49.8 Å². The molecular formula is C16H15BrN2OS. The summed E-state index contributed by atoms with van der Waals surface area (Å²) in [6, 6.07) is 11.5. The Labute approximate surface area is 137 Å². The lowest BCUT2D eigenvalue weighted by Crippen LogP contribution is -2.45. The highest BCUT2D eigenvalue weighted by atomic mass is 79.9. The number of rotatable bonds is 4. The molecule has 0 heterocycles. The monoisotopic (exact) mass is 362 g/mol. The Morgan fingerprint density at radius 3 is 2.57 bits per heavy atom. The van der Waals surface area contributed by atoms with E-state index in [0.29, 0.717) is 16.5 Å². The summed E-state index contributed by atoms with van der Waals surface area (Å²) in [7, 11) is 0. The first-order chi connectivity index (χ1) is 10.0. The molecule has 1 unspecified atom stereocenters. The van der Waals surface area contributed by atoms with Gasteiger partial charge in [0, 0.05) is 10.0 Å². The van der Waals surface area contributed by atoms with E-state index in [-0.39, 0.29) is 11.9 Å². The molecule has 108 valence electrons. The largest absolute Gasteiger partial charge is 0.392 e. The normalized spacial score (nSPS) is 15.7. The molecule has 1 atom stereocenters. The Morgan fingerprint density at radius 1 is 1.24 bits per heavy atom. The molecule has 0 aromatic heterocycles. The van der Waals surface area contributed by atoms with Gasteiger partial charge < -0.3 is 11.1 Å². The number of fused-ring (bicyclic) bond motifs is 1. The average molecular weight is 363 g/mol. The van der Waals surface area contributed by atoms with Gasteiger partial charge in [0.2, 0.25) is 0 Å². The van der Waals surface area contributed by atoms with Crippen LogP contribution in [0.2, 0.25) is 0 Å². The molecule has 1 aliphatic carbocycles. The second-order valence-corrected chi connectivity index (χ2v) is 6.78. The topological polar surface area (TPSA) is 55.1 Å². The Hall–Kier alpha value is -1.46. The number of hydrogen-bond donors (Lipinski definition) is 2. The van der Waals surface area contributed by atoms with Gasteiger partial charge in [0.25, 0.3) is 5.91 Å². The quantitative estimate of drug-likeness (QED) is 0.819. The lowest BCUT2D eigenvalue weighted by molar-refractivity contribution is 0.0944. The summed E-state index contributed by atoms with van der Waals surface area (Å²) < 4.78 is 1.02. The average Bonchev–Trinajstić information content (AvgIpc) is 3.28. The van der Waals surface area contributed by atoms with Crippen molar-refractivity contribution in [1.82, 2.24) is 5.32 Å². The van der Waals surface area contributed by atoms with Crippen molar-refractivity contribution in [2.75, 3.05) is 0 Å². The summed E-state index contributed by atoms with van der Waals surface area (Å²) in [6.45, 7) is 0. The van der Waals surface area contributed by atoms with E-state index in [1.165, 1.54) is 0 Å². The van der Waals surface area contributed by atoms with Gasteiger partial charge in [-0.25, -0.2) is 0 Å².